The molecule has 0 aliphatic carbocycles. The number of aromatic nitrogens is 1. The minimum Gasteiger partial charge on any atom is -0.465 e. The molecule has 2 heterocycles. The first-order valence-electron chi connectivity index (χ1n) is 10.2. The monoisotopic (exact) mass is 396 g/mol. The second kappa shape index (κ2) is 9.39. The van der Waals surface area contributed by atoms with Gasteiger partial charge in [0, 0.05) is 29.4 Å². The number of benzene rings is 2. The van der Waals surface area contributed by atoms with Gasteiger partial charge < -0.3 is 4.74 Å². The van der Waals surface area contributed by atoms with Gasteiger partial charge in [0.1, 0.15) is 0 Å². The normalized spacial score (nSPS) is 13.5. The van der Waals surface area contributed by atoms with Crippen molar-refractivity contribution in [3.05, 3.63) is 89.1 Å². The number of ether oxygens (including phenoxy) is 1. The summed E-state index contributed by atoms with van der Waals surface area (Å²) in [7, 11) is 1.37. The van der Waals surface area contributed by atoms with Crippen molar-refractivity contribution in [2.75, 3.05) is 20.2 Å². The summed E-state index contributed by atoms with van der Waals surface area (Å²) < 4.78 is 4.77. The van der Waals surface area contributed by atoms with Gasteiger partial charge in [-0.3, -0.25) is 9.88 Å². The number of carbonyl (C=O) groups excluding carboxylic acids is 1. The van der Waals surface area contributed by atoms with Crippen LogP contribution in [0, 0.1) is 11.8 Å². The summed E-state index contributed by atoms with van der Waals surface area (Å²) in [5.74, 6) is 6.08. The lowest BCUT2D eigenvalue weighted by Crippen LogP contribution is -2.18. The predicted molar refractivity (Wildman–Crippen MR) is 118 cm³/mol. The van der Waals surface area contributed by atoms with Gasteiger partial charge in [-0.05, 0) is 67.9 Å². The van der Waals surface area contributed by atoms with Crippen LogP contribution in [-0.4, -0.2) is 36.1 Å². The van der Waals surface area contributed by atoms with Crippen molar-refractivity contribution in [2.24, 2.45) is 0 Å². The number of hydrogen-bond acceptors (Lipinski definition) is 4. The highest BCUT2D eigenvalue weighted by Gasteiger charge is 2.11. The molecule has 30 heavy (non-hydrogen) atoms. The van der Waals surface area contributed by atoms with Crippen molar-refractivity contribution in [1.82, 2.24) is 9.88 Å². The molecular formula is C26H24N2O2. The molecule has 0 saturated carbocycles. The Hall–Kier alpha value is -3.42. The Bertz CT molecular complexity index is 1070. The van der Waals surface area contributed by atoms with Gasteiger partial charge >= 0.3 is 5.97 Å². The Morgan fingerprint density at radius 3 is 2.23 bits per heavy atom. The van der Waals surface area contributed by atoms with Crippen LogP contribution in [-0.2, 0) is 11.3 Å². The Balaban J connectivity index is 1.43. The van der Waals surface area contributed by atoms with E-state index in [4.69, 9.17) is 4.74 Å². The molecule has 0 atom stereocenters. The molecule has 4 nitrogen and oxygen atoms in total. The third-order valence-electron chi connectivity index (χ3n) is 5.27. The number of nitrogens with zero attached hydrogens (tertiary/aromatic N) is 2. The first-order chi connectivity index (χ1) is 14.7. The Labute approximate surface area is 177 Å². The van der Waals surface area contributed by atoms with Crippen LogP contribution in [0.4, 0.5) is 0 Å². The largest absolute Gasteiger partial charge is 0.465 e. The second-order valence-electron chi connectivity index (χ2n) is 7.43. The standard InChI is InChI=1S/C26H24N2O2/c1-30-26(29)24-14-15-27-25(18-24)23-12-10-21(11-13-23)5-4-20-6-8-22(9-7-20)19-28-16-2-3-17-28/h6-15,18H,2-3,16-17,19H2,1H3. The van der Waals surface area contributed by atoms with Crippen LogP contribution in [0.3, 0.4) is 0 Å². The lowest BCUT2D eigenvalue weighted by molar-refractivity contribution is 0.0600. The fourth-order valence-electron chi connectivity index (χ4n) is 3.59. The molecule has 1 aliphatic rings. The molecule has 4 heteroatoms. The molecule has 1 saturated heterocycles. The van der Waals surface area contributed by atoms with E-state index >= 15 is 0 Å². The molecule has 1 aliphatic heterocycles. The number of carbonyl (C=O) groups is 1. The number of likely N-dealkylation sites (tertiary alicyclic amines) is 1. The van der Waals surface area contributed by atoms with E-state index in [9.17, 15) is 4.79 Å². The molecule has 0 unspecified atom stereocenters. The van der Waals surface area contributed by atoms with Crippen molar-refractivity contribution in [2.45, 2.75) is 19.4 Å². The third-order valence-corrected chi connectivity index (χ3v) is 5.27. The van der Waals surface area contributed by atoms with E-state index in [1.54, 1.807) is 18.3 Å². The van der Waals surface area contributed by atoms with Gasteiger partial charge in [-0.25, -0.2) is 4.79 Å². The Kier molecular flexibility index (Phi) is 6.22. The quantitative estimate of drug-likeness (QED) is 0.480. The molecule has 4 rings (SSSR count). The van der Waals surface area contributed by atoms with E-state index in [-0.39, 0.29) is 5.97 Å². The van der Waals surface area contributed by atoms with Gasteiger partial charge in [-0.2, -0.15) is 0 Å². The van der Waals surface area contributed by atoms with Crippen LogP contribution in [0.5, 0.6) is 0 Å². The number of hydrogen-bond donors (Lipinski definition) is 0. The molecule has 1 aromatic heterocycles. The van der Waals surface area contributed by atoms with Gasteiger partial charge in [0.15, 0.2) is 0 Å². The molecule has 0 bridgehead atoms. The van der Waals surface area contributed by atoms with Gasteiger partial charge in [0.25, 0.3) is 0 Å². The molecule has 3 aromatic rings. The molecule has 0 amide bonds. The van der Waals surface area contributed by atoms with Crippen molar-refractivity contribution in [3.8, 4) is 23.1 Å². The first kappa shape index (κ1) is 19.9. The van der Waals surface area contributed by atoms with E-state index in [0.29, 0.717) is 5.56 Å². The highest BCUT2D eigenvalue weighted by Crippen LogP contribution is 2.19. The minimum atomic E-state index is -0.368. The van der Waals surface area contributed by atoms with Crippen LogP contribution in [0.25, 0.3) is 11.3 Å². The van der Waals surface area contributed by atoms with Crippen LogP contribution >= 0.6 is 0 Å². The number of pyridine rings is 1. The summed E-state index contributed by atoms with van der Waals surface area (Å²) >= 11 is 0. The average Bonchev–Trinajstić information content (AvgIpc) is 3.31. The third kappa shape index (κ3) is 4.94. The topological polar surface area (TPSA) is 42.4 Å². The zero-order valence-corrected chi connectivity index (χ0v) is 17.1. The van der Waals surface area contributed by atoms with Crippen LogP contribution in [0.15, 0.2) is 66.9 Å². The SMILES string of the molecule is COC(=O)c1ccnc(-c2ccc(C#Cc3ccc(CN4CCCC4)cc3)cc2)c1. The van der Waals surface area contributed by atoms with Crippen LogP contribution in [0.2, 0.25) is 0 Å². The van der Waals surface area contributed by atoms with Crippen LogP contribution < -0.4 is 0 Å². The maximum Gasteiger partial charge on any atom is 0.337 e. The highest BCUT2D eigenvalue weighted by atomic mass is 16.5. The van der Waals surface area contributed by atoms with Crippen molar-refractivity contribution < 1.29 is 9.53 Å². The summed E-state index contributed by atoms with van der Waals surface area (Å²) in [5, 5.41) is 0. The molecule has 2 aromatic carbocycles. The average molecular weight is 396 g/mol. The first-order valence-corrected chi connectivity index (χ1v) is 10.2. The Morgan fingerprint density at radius 1 is 0.967 bits per heavy atom. The molecule has 0 N–H and O–H groups in total. The van der Waals surface area contributed by atoms with Crippen molar-refractivity contribution in [1.29, 1.82) is 0 Å². The van der Waals surface area contributed by atoms with E-state index in [1.165, 1.54) is 38.6 Å². The zero-order valence-electron chi connectivity index (χ0n) is 17.1. The summed E-state index contributed by atoms with van der Waals surface area (Å²) in [4.78, 5) is 18.6. The lowest BCUT2D eigenvalue weighted by Gasteiger charge is -2.14. The summed E-state index contributed by atoms with van der Waals surface area (Å²) in [6.07, 6.45) is 4.24. The van der Waals surface area contributed by atoms with Crippen molar-refractivity contribution >= 4 is 5.97 Å². The van der Waals surface area contributed by atoms with Gasteiger partial charge in [-0.1, -0.05) is 36.1 Å². The zero-order chi connectivity index (χ0) is 20.8. The summed E-state index contributed by atoms with van der Waals surface area (Å²) in [6.45, 7) is 3.44. The van der Waals surface area contributed by atoms with E-state index in [1.807, 2.05) is 24.3 Å². The van der Waals surface area contributed by atoms with Gasteiger partial charge in [0.05, 0.1) is 18.4 Å². The molecule has 1 fully saturated rings. The second-order valence-corrected chi connectivity index (χ2v) is 7.43. The molecule has 150 valence electrons. The maximum absolute atomic E-state index is 11.7. The number of rotatable bonds is 4. The summed E-state index contributed by atoms with van der Waals surface area (Å²) in [5.41, 5.74) is 5.43. The number of methoxy groups -OCH3 is 1. The van der Waals surface area contributed by atoms with Crippen LogP contribution in [0.1, 0.15) is 39.9 Å². The van der Waals surface area contributed by atoms with Gasteiger partial charge in [0.2, 0.25) is 0 Å². The fourth-order valence-corrected chi connectivity index (χ4v) is 3.59. The fraction of sp³-hybridized carbons (Fsp3) is 0.231. The molecule has 0 spiro atoms. The van der Waals surface area contributed by atoms with E-state index in [2.05, 4.69) is 46.0 Å². The molecule has 0 radical (unpaired) electrons. The highest BCUT2D eigenvalue weighted by molar-refractivity contribution is 5.90. The smallest absolute Gasteiger partial charge is 0.337 e. The van der Waals surface area contributed by atoms with E-state index < -0.39 is 0 Å². The molecular weight excluding hydrogens is 372 g/mol. The summed E-state index contributed by atoms with van der Waals surface area (Å²) in [6, 6.07) is 19.8. The van der Waals surface area contributed by atoms with E-state index in [0.717, 1.165) is 28.9 Å². The minimum absolute atomic E-state index is 0.368. The van der Waals surface area contributed by atoms with Gasteiger partial charge in [-0.15, -0.1) is 0 Å². The lowest BCUT2D eigenvalue weighted by atomic mass is 10.1. The number of esters is 1. The maximum atomic E-state index is 11.7. The Morgan fingerprint density at radius 2 is 1.60 bits per heavy atom. The van der Waals surface area contributed by atoms with Crippen molar-refractivity contribution in [3.63, 3.8) is 0 Å². The predicted octanol–water partition coefficient (Wildman–Crippen LogP) is 4.53.